The molecule has 1 heterocycles. The first-order valence-electron chi connectivity index (χ1n) is 4.37. The van der Waals surface area contributed by atoms with Crippen molar-refractivity contribution in [2.24, 2.45) is 7.05 Å². The molecule has 0 radical (unpaired) electrons. The van der Waals surface area contributed by atoms with E-state index in [1.165, 1.54) is 24.8 Å². The largest absolute Gasteiger partial charge is 0.253 e. The van der Waals surface area contributed by atoms with Crippen LogP contribution in [-0.4, -0.2) is 14.8 Å². The Morgan fingerprint density at radius 3 is 3.08 bits per heavy atom. The van der Waals surface area contributed by atoms with E-state index < -0.39 is 0 Å². The second kappa shape index (κ2) is 3.09. The lowest BCUT2D eigenvalue weighted by molar-refractivity contribution is 0.708. The van der Waals surface area contributed by atoms with Crippen LogP contribution in [0.25, 0.3) is 0 Å². The molecule has 0 saturated heterocycles. The number of hydrogen-bond donors (Lipinski definition) is 0. The molecule has 3 heteroatoms. The standard InChI is InChI=1S/C9H13N3/c1-12-9(10-7-11-12)6-8-4-2-3-5-8/h4,7H,2-3,5-6H2,1H3. The van der Waals surface area contributed by atoms with Gasteiger partial charge >= 0.3 is 0 Å². The molecule has 0 saturated carbocycles. The third-order valence-corrected chi connectivity index (χ3v) is 2.33. The highest BCUT2D eigenvalue weighted by atomic mass is 15.3. The highest BCUT2D eigenvalue weighted by Crippen LogP contribution is 2.20. The van der Waals surface area contributed by atoms with Crippen molar-refractivity contribution in [3.63, 3.8) is 0 Å². The van der Waals surface area contributed by atoms with Gasteiger partial charge in [0.15, 0.2) is 0 Å². The van der Waals surface area contributed by atoms with E-state index in [1.807, 2.05) is 11.7 Å². The van der Waals surface area contributed by atoms with Crippen LogP contribution in [0.3, 0.4) is 0 Å². The number of allylic oxidation sites excluding steroid dienone is 2. The molecule has 0 unspecified atom stereocenters. The average molecular weight is 163 g/mol. The van der Waals surface area contributed by atoms with E-state index >= 15 is 0 Å². The molecular weight excluding hydrogens is 150 g/mol. The third kappa shape index (κ3) is 1.40. The smallest absolute Gasteiger partial charge is 0.138 e. The molecule has 1 aromatic heterocycles. The quantitative estimate of drug-likeness (QED) is 0.618. The summed E-state index contributed by atoms with van der Waals surface area (Å²) in [5, 5.41) is 4.04. The van der Waals surface area contributed by atoms with Gasteiger partial charge in [-0.05, 0) is 19.3 Å². The molecule has 3 nitrogen and oxygen atoms in total. The average Bonchev–Trinajstić information content (AvgIpc) is 2.65. The predicted octanol–water partition coefficient (Wildman–Crippen LogP) is 1.47. The van der Waals surface area contributed by atoms with Gasteiger partial charge in [-0.1, -0.05) is 11.6 Å². The fourth-order valence-electron chi connectivity index (χ4n) is 1.58. The number of hydrogen-bond acceptors (Lipinski definition) is 2. The van der Waals surface area contributed by atoms with E-state index in [4.69, 9.17) is 0 Å². The van der Waals surface area contributed by atoms with Crippen LogP contribution < -0.4 is 0 Å². The molecule has 1 aromatic rings. The van der Waals surface area contributed by atoms with Gasteiger partial charge in [-0.15, -0.1) is 0 Å². The Kier molecular flexibility index (Phi) is 1.94. The van der Waals surface area contributed by atoms with Crippen LogP contribution in [0.2, 0.25) is 0 Å². The van der Waals surface area contributed by atoms with Crippen molar-refractivity contribution in [1.82, 2.24) is 14.8 Å². The van der Waals surface area contributed by atoms with E-state index in [0.717, 1.165) is 12.2 Å². The van der Waals surface area contributed by atoms with E-state index in [2.05, 4.69) is 16.2 Å². The minimum Gasteiger partial charge on any atom is -0.253 e. The Morgan fingerprint density at radius 2 is 2.50 bits per heavy atom. The van der Waals surface area contributed by atoms with Gasteiger partial charge in [0.1, 0.15) is 12.2 Å². The Balaban J connectivity index is 2.08. The van der Waals surface area contributed by atoms with E-state index in [0.29, 0.717) is 0 Å². The molecule has 2 rings (SSSR count). The SMILES string of the molecule is Cn1ncnc1CC1=CCCC1. The zero-order valence-electron chi connectivity index (χ0n) is 7.32. The Labute approximate surface area is 72.1 Å². The summed E-state index contributed by atoms with van der Waals surface area (Å²) in [7, 11) is 1.94. The summed E-state index contributed by atoms with van der Waals surface area (Å²) in [6.45, 7) is 0. The van der Waals surface area contributed by atoms with Gasteiger partial charge in [-0.2, -0.15) is 5.10 Å². The van der Waals surface area contributed by atoms with Gasteiger partial charge in [0.25, 0.3) is 0 Å². The van der Waals surface area contributed by atoms with Crippen molar-refractivity contribution in [3.8, 4) is 0 Å². The number of nitrogens with zero attached hydrogens (tertiary/aromatic N) is 3. The van der Waals surface area contributed by atoms with Crippen molar-refractivity contribution in [2.75, 3.05) is 0 Å². The maximum absolute atomic E-state index is 4.19. The van der Waals surface area contributed by atoms with Gasteiger partial charge in [0.2, 0.25) is 0 Å². The second-order valence-corrected chi connectivity index (χ2v) is 3.23. The Hall–Kier alpha value is -1.12. The summed E-state index contributed by atoms with van der Waals surface area (Å²) < 4.78 is 1.85. The fourth-order valence-corrected chi connectivity index (χ4v) is 1.58. The van der Waals surface area contributed by atoms with Gasteiger partial charge in [0, 0.05) is 13.5 Å². The van der Waals surface area contributed by atoms with Crippen LogP contribution >= 0.6 is 0 Å². The molecule has 0 atom stereocenters. The monoisotopic (exact) mass is 163 g/mol. The summed E-state index contributed by atoms with van der Waals surface area (Å²) in [6, 6.07) is 0. The molecule has 1 aliphatic rings. The molecule has 0 fully saturated rings. The molecule has 0 amide bonds. The molecule has 0 spiro atoms. The van der Waals surface area contributed by atoms with E-state index in [-0.39, 0.29) is 0 Å². The molecule has 64 valence electrons. The normalized spacial score (nSPS) is 16.6. The summed E-state index contributed by atoms with van der Waals surface area (Å²) >= 11 is 0. The van der Waals surface area contributed by atoms with Crippen LogP contribution in [0.1, 0.15) is 25.1 Å². The van der Waals surface area contributed by atoms with Crippen LogP contribution in [0, 0.1) is 0 Å². The molecule has 0 aliphatic heterocycles. The number of aromatic nitrogens is 3. The maximum atomic E-state index is 4.19. The third-order valence-electron chi connectivity index (χ3n) is 2.33. The Bertz CT molecular complexity index is 298. The second-order valence-electron chi connectivity index (χ2n) is 3.23. The molecule has 12 heavy (non-hydrogen) atoms. The van der Waals surface area contributed by atoms with Crippen molar-refractivity contribution in [2.45, 2.75) is 25.7 Å². The number of aryl methyl sites for hydroxylation is 1. The molecule has 0 aromatic carbocycles. The van der Waals surface area contributed by atoms with E-state index in [9.17, 15) is 0 Å². The van der Waals surface area contributed by atoms with Crippen molar-refractivity contribution in [1.29, 1.82) is 0 Å². The van der Waals surface area contributed by atoms with E-state index in [1.54, 1.807) is 6.33 Å². The fraction of sp³-hybridized carbons (Fsp3) is 0.556. The Morgan fingerprint density at radius 1 is 1.58 bits per heavy atom. The minimum atomic E-state index is 0.983. The lowest BCUT2D eigenvalue weighted by Gasteiger charge is -1.99. The molecule has 1 aliphatic carbocycles. The summed E-state index contributed by atoms with van der Waals surface area (Å²) in [6.07, 6.45) is 8.73. The lowest BCUT2D eigenvalue weighted by Crippen LogP contribution is -2.00. The van der Waals surface area contributed by atoms with Crippen LogP contribution in [-0.2, 0) is 13.5 Å². The molecular formula is C9H13N3. The van der Waals surface area contributed by atoms with Gasteiger partial charge in [-0.25, -0.2) is 4.98 Å². The first-order valence-corrected chi connectivity index (χ1v) is 4.37. The van der Waals surface area contributed by atoms with Crippen molar-refractivity contribution >= 4 is 0 Å². The van der Waals surface area contributed by atoms with Crippen LogP contribution in [0.5, 0.6) is 0 Å². The van der Waals surface area contributed by atoms with Gasteiger partial charge in [-0.3, -0.25) is 4.68 Å². The van der Waals surface area contributed by atoms with Crippen LogP contribution in [0.4, 0.5) is 0 Å². The summed E-state index contributed by atoms with van der Waals surface area (Å²) in [5.41, 5.74) is 1.52. The zero-order chi connectivity index (χ0) is 8.39. The molecule has 0 N–H and O–H groups in total. The van der Waals surface area contributed by atoms with Gasteiger partial charge < -0.3 is 0 Å². The number of rotatable bonds is 2. The minimum absolute atomic E-state index is 0.983. The topological polar surface area (TPSA) is 30.7 Å². The lowest BCUT2D eigenvalue weighted by atomic mass is 10.1. The maximum Gasteiger partial charge on any atom is 0.138 e. The van der Waals surface area contributed by atoms with Crippen molar-refractivity contribution < 1.29 is 0 Å². The highest BCUT2D eigenvalue weighted by Gasteiger charge is 2.08. The highest BCUT2D eigenvalue weighted by molar-refractivity contribution is 5.12. The van der Waals surface area contributed by atoms with Crippen LogP contribution in [0.15, 0.2) is 18.0 Å². The summed E-state index contributed by atoms with van der Waals surface area (Å²) in [4.78, 5) is 4.19. The molecule has 0 bridgehead atoms. The van der Waals surface area contributed by atoms with Crippen molar-refractivity contribution in [3.05, 3.63) is 23.8 Å². The summed E-state index contributed by atoms with van der Waals surface area (Å²) in [5.74, 6) is 1.07. The first kappa shape index (κ1) is 7.53. The zero-order valence-corrected chi connectivity index (χ0v) is 7.32. The predicted molar refractivity (Wildman–Crippen MR) is 46.6 cm³/mol. The van der Waals surface area contributed by atoms with Gasteiger partial charge in [0.05, 0.1) is 0 Å². The first-order chi connectivity index (χ1) is 5.86.